The van der Waals surface area contributed by atoms with Gasteiger partial charge in [-0.3, -0.25) is 9.78 Å². The molecule has 0 aliphatic heterocycles. The lowest BCUT2D eigenvalue weighted by atomic mass is 10.2. The second-order valence-corrected chi connectivity index (χ2v) is 6.12. The van der Waals surface area contributed by atoms with Crippen molar-refractivity contribution in [1.82, 2.24) is 19.6 Å². The molecule has 3 aromatic heterocycles. The molecule has 0 bridgehead atoms. The van der Waals surface area contributed by atoms with Gasteiger partial charge in [0.25, 0.3) is 5.56 Å². The van der Waals surface area contributed by atoms with Gasteiger partial charge in [-0.2, -0.15) is 9.50 Å². The summed E-state index contributed by atoms with van der Waals surface area (Å²) in [5.41, 5.74) is 1.78. The van der Waals surface area contributed by atoms with Gasteiger partial charge >= 0.3 is 0 Å². The van der Waals surface area contributed by atoms with E-state index in [0.29, 0.717) is 15.3 Å². The minimum atomic E-state index is -0.161. The number of thiazole rings is 1. The highest BCUT2D eigenvalue weighted by molar-refractivity contribution is 7.15. The number of pyridine rings is 1. The molecule has 4 rings (SSSR count). The number of benzene rings is 1. The van der Waals surface area contributed by atoms with E-state index in [4.69, 9.17) is 0 Å². The highest BCUT2D eigenvalue weighted by Gasteiger charge is 2.08. The average molecular weight is 332 g/mol. The SMILES string of the molecule is O=c1c(=Cc2cccnc2)sc2nc(C=Cc3ccccc3)nn12. The Morgan fingerprint density at radius 1 is 1.00 bits per heavy atom. The molecule has 1 aromatic carbocycles. The van der Waals surface area contributed by atoms with Gasteiger partial charge in [0, 0.05) is 12.4 Å². The maximum atomic E-state index is 12.4. The van der Waals surface area contributed by atoms with Crippen LogP contribution in [0, 0.1) is 0 Å². The molecule has 116 valence electrons. The lowest BCUT2D eigenvalue weighted by molar-refractivity contribution is 0.925. The van der Waals surface area contributed by atoms with Gasteiger partial charge in [-0.15, -0.1) is 5.10 Å². The third-order valence-electron chi connectivity index (χ3n) is 3.40. The monoisotopic (exact) mass is 332 g/mol. The smallest absolute Gasteiger partial charge is 0.266 e. The van der Waals surface area contributed by atoms with Crippen LogP contribution >= 0.6 is 11.3 Å². The Bertz CT molecular complexity index is 1110. The predicted molar refractivity (Wildman–Crippen MR) is 95.5 cm³/mol. The van der Waals surface area contributed by atoms with Gasteiger partial charge in [0.2, 0.25) is 4.96 Å². The van der Waals surface area contributed by atoms with Crippen LogP contribution in [-0.2, 0) is 0 Å². The Hall–Kier alpha value is -3.12. The molecule has 0 amide bonds. The molecule has 0 unspecified atom stereocenters. The van der Waals surface area contributed by atoms with Crippen molar-refractivity contribution in [3.05, 3.63) is 86.7 Å². The van der Waals surface area contributed by atoms with Crippen molar-refractivity contribution in [1.29, 1.82) is 0 Å². The largest absolute Gasteiger partial charge is 0.291 e. The van der Waals surface area contributed by atoms with E-state index < -0.39 is 0 Å². The summed E-state index contributed by atoms with van der Waals surface area (Å²) < 4.78 is 1.94. The summed E-state index contributed by atoms with van der Waals surface area (Å²) in [4.78, 5) is 21.4. The molecule has 4 aromatic rings. The summed E-state index contributed by atoms with van der Waals surface area (Å²) in [6, 6.07) is 13.6. The molecular weight excluding hydrogens is 320 g/mol. The summed E-state index contributed by atoms with van der Waals surface area (Å²) in [7, 11) is 0. The molecule has 5 nitrogen and oxygen atoms in total. The van der Waals surface area contributed by atoms with Crippen molar-refractivity contribution in [3.8, 4) is 0 Å². The highest BCUT2D eigenvalue weighted by atomic mass is 32.1. The molecule has 0 atom stereocenters. The van der Waals surface area contributed by atoms with Crippen molar-refractivity contribution in [2.24, 2.45) is 0 Å². The van der Waals surface area contributed by atoms with Crippen LogP contribution in [0.4, 0.5) is 0 Å². The van der Waals surface area contributed by atoms with Crippen LogP contribution < -0.4 is 10.1 Å². The van der Waals surface area contributed by atoms with Gasteiger partial charge in [0.1, 0.15) is 0 Å². The Balaban J connectivity index is 1.70. The highest BCUT2D eigenvalue weighted by Crippen LogP contribution is 2.07. The van der Waals surface area contributed by atoms with E-state index in [2.05, 4.69) is 15.1 Å². The van der Waals surface area contributed by atoms with Crippen molar-refractivity contribution in [2.45, 2.75) is 0 Å². The predicted octanol–water partition coefficient (Wildman–Crippen LogP) is 2.26. The summed E-state index contributed by atoms with van der Waals surface area (Å²) in [5, 5.41) is 4.27. The lowest BCUT2D eigenvalue weighted by Crippen LogP contribution is -2.23. The zero-order valence-corrected chi connectivity index (χ0v) is 13.4. The second kappa shape index (κ2) is 6.17. The van der Waals surface area contributed by atoms with Crippen molar-refractivity contribution >= 4 is 34.5 Å². The summed E-state index contributed by atoms with van der Waals surface area (Å²) in [5.74, 6) is 0.523. The molecule has 0 aliphatic rings. The number of nitrogens with zero attached hydrogens (tertiary/aromatic N) is 4. The molecule has 0 fully saturated rings. The summed E-state index contributed by atoms with van der Waals surface area (Å²) in [6.45, 7) is 0. The van der Waals surface area contributed by atoms with Gasteiger partial charge < -0.3 is 0 Å². The van der Waals surface area contributed by atoms with Crippen LogP contribution in [0.1, 0.15) is 17.0 Å². The molecule has 0 spiro atoms. The molecule has 0 saturated heterocycles. The number of hydrogen-bond acceptors (Lipinski definition) is 5. The summed E-state index contributed by atoms with van der Waals surface area (Å²) >= 11 is 1.32. The Kier molecular flexibility index (Phi) is 3.72. The van der Waals surface area contributed by atoms with Gasteiger partial charge in [-0.1, -0.05) is 53.8 Å². The van der Waals surface area contributed by atoms with Crippen LogP contribution in [0.2, 0.25) is 0 Å². The van der Waals surface area contributed by atoms with E-state index in [9.17, 15) is 4.79 Å². The fourth-order valence-corrected chi connectivity index (χ4v) is 3.18. The topological polar surface area (TPSA) is 60.2 Å². The normalized spacial score (nSPS) is 12.4. The average Bonchev–Trinajstić information content (AvgIpc) is 3.15. The van der Waals surface area contributed by atoms with E-state index in [0.717, 1.165) is 11.1 Å². The lowest BCUT2D eigenvalue weighted by Gasteiger charge is -1.89. The molecule has 6 heteroatoms. The zero-order chi connectivity index (χ0) is 16.4. The van der Waals surface area contributed by atoms with Crippen LogP contribution in [0.15, 0.2) is 59.7 Å². The fourth-order valence-electron chi connectivity index (χ4n) is 2.27. The number of fused-ring (bicyclic) bond motifs is 1. The molecule has 0 aliphatic carbocycles. The quantitative estimate of drug-likeness (QED) is 0.577. The van der Waals surface area contributed by atoms with Crippen LogP contribution in [0.25, 0.3) is 23.2 Å². The molecule has 0 radical (unpaired) electrons. The first kappa shape index (κ1) is 14.5. The molecule has 0 saturated carbocycles. The van der Waals surface area contributed by atoms with Crippen LogP contribution in [0.5, 0.6) is 0 Å². The number of rotatable bonds is 3. The first-order valence-corrected chi connectivity index (χ1v) is 8.16. The van der Waals surface area contributed by atoms with Gasteiger partial charge in [-0.05, 0) is 29.3 Å². The molecule has 24 heavy (non-hydrogen) atoms. The van der Waals surface area contributed by atoms with Crippen molar-refractivity contribution in [2.75, 3.05) is 0 Å². The first-order chi connectivity index (χ1) is 11.8. The fraction of sp³-hybridized carbons (Fsp3) is 0. The number of aromatic nitrogens is 4. The van der Waals surface area contributed by atoms with Gasteiger partial charge in [-0.25, -0.2) is 0 Å². The van der Waals surface area contributed by atoms with E-state index in [1.165, 1.54) is 15.9 Å². The van der Waals surface area contributed by atoms with Gasteiger partial charge in [0.15, 0.2) is 5.82 Å². The van der Waals surface area contributed by atoms with Crippen LogP contribution in [0.3, 0.4) is 0 Å². The number of hydrogen-bond donors (Lipinski definition) is 0. The second-order valence-electron chi connectivity index (χ2n) is 5.11. The molecular formula is C18H12N4OS. The van der Waals surface area contributed by atoms with E-state index in [1.54, 1.807) is 24.5 Å². The summed E-state index contributed by atoms with van der Waals surface area (Å²) in [6.07, 6.45) is 8.94. The zero-order valence-electron chi connectivity index (χ0n) is 12.5. The maximum Gasteiger partial charge on any atom is 0.291 e. The molecule has 0 N–H and O–H groups in total. The molecule has 3 heterocycles. The van der Waals surface area contributed by atoms with Crippen LogP contribution in [-0.4, -0.2) is 19.6 Å². The van der Waals surface area contributed by atoms with Crippen molar-refractivity contribution in [3.63, 3.8) is 0 Å². The minimum absolute atomic E-state index is 0.161. The van der Waals surface area contributed by atoms with E-state index in [1.807, 2.05) is 48.5 Å². The first-order valence-electron chi connectivity index (χ1n) is 7.34. The standard InChI is InChI=1S/C18H12N4OS/c23-17-15(11-14-7-4-10-19-12-14)24-18-20-16(21-22(17)18)9-8-13-5-2-1-3-6-13/h1-12H. The Morgan fingerprint density at radius 2 is 1.83 bits per heavy atom. The Labute approximate surface area is 141 Å². The maximum absolute atomic E-state index is 12.4. The van der Waals surface area contributed by atoms with E-state index in [-0.39, 0.29) is 5.56 Å². The third kappa shape index (κ3) is 2.87. The van der Waals surface area contributed by atoms with Gasteiger partial charge in [0.05, 0.1) is 4.53 Å². The Morgan fingerprint density at radius 3 is 2.58 bits per heavy atom. The van der Waals surface area contributed by atoms with Crippen molar-refractivity contribution < 1.29 is 0 Å². The third-order valence-corrected chi connectivity index (χ3v) is 4.36. The van der Waals surface area contributed by atoms with E-state index >= 15 is 0 Å². The minimum Gasteiger partial charge on any atom is -0.266 e.